The average Bonchev–Trinajstić information content (AvgIpc) is 3.01. The minimum absolute atomic E-state index is 0.154. The molecule has 5 heteroatoms. The number of benzene rings is 1. The van der Waals surface area contributed by atoms with Crippen molar-refractivity contribution >= 4 is 17.0 Å². The molecule has 0 amide bonds. The van der Waals surface area contributed by atoms with Crippen LogP contribution in [0.5, 0.6) is 0 Å². The summed E-state index contributed by atoms with van der Waals surface area (Å²) >= 11 is 0. The molecule has 2 heterocycles. The van der Waals surface area contributed by atoms with Crippen LogP contribution in [0.4, 0.5) is 0 Å². The molecule has 0 aliphatic rings. The Hall–Kier alpha value is -2.69. The molecule has 0 fully saturated rings. The lowest BCUT2D eigenvalue weighted by molar-refractivity contribution is -0.143. The Balaban J connectivity index is 1.90. The SMILES string of the molecule is CCC(=O)OCCc1ccc(-n2c(CC)nc3c(C)nc(C)cc32)cc1. The van der Waals surface area contributed by atoms with Crippen molar-refractivity contribution in [2.45, 2.75) is 47.0 Å². The second-order valence-electron chi connectivity index (χ2n) is 6.42. The van der Waals surface area contributed by atoms with Crippen LogP contribution in [0, 0.1) is 13.8 Å². The van der Waals surface area contributed by atoms with Gasteiger partial charge in [0.25, 0.3) is 0 Å². The van der Waals surface area contributed by atoms with Gasteiger partial charge in [-0.15, -0.1) is 0 Å². The maximum absolute atomic E-state index is 11.2. The van der Waals surface area contributed by atoms with Gasteiger partial charge in [0.2, 0.25) is 0 Å². The number of esters is 1. The van der Waals surface area contributed by atoms with E-state index >= 15 is 0 Å². The molecule has 136 valence electrons. The highest BCUT2D eigenvalue weighted by atomic mass is 16.5. The van der Waals surface area contributed by atoms with E-state index in [1.807, 2.05) is 13.8 Å². The standard InChI is InChI=1S/C21H25N3O2/c1-5-19-23-21-15(4)22-14(3)13-18(21)24(19)17-9-7-16(8-10-17)11-12-26-20(25)6-2/h7-10,13H,5-6,11-12H2,1-4H3. The highest BCUT2D eigenvalue weighted by Crippen LogP contribution is 2.24. The van der Waals surface area contributed by atoms with E-state index in [1.54, 1.807) is 6.92 Å². The number of ether oxygens (including phenoxy) is 1. The first-order chi connectivity index (χ1) is 12.5. The summed E-state index contributed by atoms with van der Waals surface area (Å²) in [6.45, 7) is 8.35. The number of hydrogen-bond acceptors (Lipinski definition) is 4. The van der Waals surface area contributed by atoms with Gasteiger partial charge in [-0.05, 0) is 37.6 Å². The van der Waals surface area contributed by atoms with Crippen molar-refractivity contribution in [3.05, 3.63) is 53.1 Å². The number of carbonyl (C=O) groups is 1. The Morgan fingerprint density at radius 3 is 2.50 bits per heavy atom. The maximum Gasteiger partial charge on any atom is 0.305 e. The number of rotatable bonds is 6. The van der Waals surface area contributed by atoms with Gasteiger partial charge in [-0.3, -0.25) is 14.3 Å². The number of carbonyl (C=O) groups excluding carboxylic acids is 1. The molecule has 1 aromatic carbocycles. The third-order valence-corrected chi connectivity index (χ3v) is 4.47. The topological polar surface area (TPSA) is 57.0 Å². The molecule has 0 saturated heterocycles. The van der Waals surface area contributed by atoms with Crippen LogP contribution < -0.4 is 0 Å². The lowest BCUT2D eigenvalue weighted by Gasteiger charge is -2.10. The fourth-order valence-corrected chi connectivity index (χ4v) is 3.15. The van der Waals surface area contributed by atoms with Crippen LogP contribution in [-0.2, 0) is 22.4 Å². The third kappa shape index (κ3) is 3.62. The molecular weight excluding hydrogens is 326 g/mol. The highest BCUT2D eigenvalue weighted by molar-refractivity contribution is 5.80. The first kappa shape index (κ1) is 18.1. The summed E-state index contributed by atoms with van der Waals surface area (Å²) < 4.78 is 7.36. The molecule has 0 N–H and O–H groups in total. The molecule has 0 radical (unpaired) electrons. The smallest absolute Gasteiger partial charge is 0.305 e. The number of nitrogens with zero attached hydrogens (tertiary/aromatic N) is 3. The van der Waals surface area contributed by atoms with Crippen molar-refractivity contribution in [3.63, 3.8) is 0 Å². The molecule has 2 aromatic heterocycles. The predicted octanol–water partition coefficient (Wildman–Crippen LogP) is 4.10. The van der Waals surface area contributed by atoms with Crippen LogP contribution >= 0.6 is 0 Å². The van der Waals surface area contributed by atoms with E-state index in [2.05, 4.69) is 46.8 Å². The zero-order valence-corrected chi connectivity index (χ0v) is 15.9. The van der Waals surface area contributed by atoms with Gasteiger partial charge in [-0.1, -0.05) is 26.0 Å². The summed E-state index contributed by atoms with van der Waals surface area (Å²) in [6.07, 6.45) is 1.99. The number of aryl methyl sites for hydroxylation is 3. The molecule has 0 spiro atoms. The van der Waals surface area contributed by atoms with Crippen LogP contribution in [0.1, 0.15) is 43.0 Å². The van der Waals surface area contributed by atoms with Crippen LogP contribution in [0.15, 0.2) is 30.3 Å². The van der Waals surface area contributed by atoms with E-state index in [-0.39, 0.29) is 5.97 Å². The summed E-state index contributed by atoms with van der Waals surface area (Å²) in [5, 5.41) is 0. The molecule has 0 aliphatic heterocycles. The van der Waals surface area contributed by atoms with Gasteiger partial charge in [0.1, 0.15) is 11.3 Å². The van der Waals surface area contributed by atoms with E-state index in [9.17, 15) is 4.79 Å². The monoisotopic (exact) mass is 351 g/mol. The van der Waals surface area contributed by atoms with Gasteiger partial charge < -0.3 is 4.74 Å². The van der Waals surface area contributed by atoms with E-state index < -0.39 is 0 Å². The number of pyridine rings is 1. The van der Waals surface area contributed by atoms with Gasteiger partial charge in [0.15, 0.2) is 0 Å². The lowest BCUT2D eigenvalue weighted by atomic mass is 10.1. The van der Waals surface area contributed by atoms with E-state index in [4.69, 9.17) is 9.72 Å². The lowest BCUT2D eigenvalue weighted by Crippen LogP contribution is -2.06. The van der Waals surface area contributed by atoms with Crippen molar-refractivity contribution in [1.29, 1.82) is 0 Å². The van der Waals surface area contributed by atoms with Crippen LogP contribution in [0.2, 0.25) is 0 Å². The minimum Gasteiger partial charge on any atom is -0.465 e. The quantitative estimate of drug-likeness (QED) is 0.628. The molecule has 0 saturated carbocycles. The number of hydrogen-bond donors (Lipinski definition) is 0. The summed E-state index contributed by atoms with van der Waals surface area (Å²) in [6, 6.07) is 10.5. The Bertz CT molecular complexity index is 927. The highest BCUT2D eigenvalue weighted by Gasteiger charge is 2.14. The summed E-state index contributed by atoms with van der Waals surface area (Å²) in [7, 11) is 0. The fraction of sp³-hybridized carbons (Fsp3) is 0.381. The number of aromatic nitrogens is 3. The van der Waals surface area contributed by atoms with Crippen LogP contribution in [0.25, 0.3) is 16.7 Å². The third-order valence-electron chi connectivity index (χ3n) is 4.47. The van der Waals surface area contributed by atoms with Crippen molar-refractivity contribution in [1.82, 2.24) is 14.5 Å². The number of imidazole rings is 1. The number of fused-ring (bicyclic) bond motifs is 1. The summed E-state index contributed by atoms with van der Waals surface area (Å²) in [5.41, 5.74) is 6.24. The second kappa shape index (κ2) is 7.68. The van der Waals surface area contributed by atoms with Crippen molar-refractivity contribution in [2.75, 3.05) is 6.61 Å². The van der Waals surface area contributed by atoms with Crippen molar-refractivity contribution in [3.8, 4) is 5.69 Å². The Labute approximate surface area is 154 Å². The molecule has 0 unspecified atom stereocenters. The molecule has 0 bridgehead atoms. The summed E-state index contributed by atoms with van der Waals surface area (Å²) in [4.78, 5) is 20.6. The maximum atomic E-state index is 11.2. The largest absolute Gasteiger partial charge is 0.465 e. The second-order valence-corrected chi connectivity index (χ2v) is 6.42. The predicted molar refractivity (Wildman–Crippen MR) is 103 cm³/mol. The Kier molecular flexibility index (Phi) is 5.35. The average molecular weight is 351 g/mol. The first-order valence-corrected chi connectivity index (χ1v) is 9.14. The van der Waals surface area contributed by atoms with Gasteiger partial charge in [-0.2, -0.15) is 0 Å². The van der Waals surface area contributed by atoms with E-state index in [1.165, 1.54) is 0 Å². The van der Waals surface area contributed by atoms with E-state index in [0.717, 1.165) is 52.3 Å². The zero-order valence-electron chi connectivity index (χ0n) is 15.9. The van der Waals surface area contributed by atoms with Gasteiger partial charge >= 0.3 is 5.97 Å². The zero-order chi connectivity index (χ0) is 18.7. The van der Waals surface area contributed by atoms with Crippen LogP contribution in [-0.4, -0.2) is 27.1 Å². The molecule has 3 rings (SSSR count). The molecule has 0 atom stereocenters. The Morgan fingerprint density at radius 2 is 1.85 bits per heavy atom. The van der Waals surface area contributed by atoms with Crippen LogP contribution in [0.3, 0.4) is 0 Å². The molecular formula is C21H25N3O2. The molecule has 26 heavy (non-hydrogen) atoms. The fourth-order valence-electron chi connectivity index (χ4n) is 3.15. The van der Waals surface area contributed by atoms with Crippen molar-refractivity contribution < 1.29 is 9.53 Å². The summed E-state index contributed by atoms with van der Waals surface area (Å²) in [5.74, 6) is 0.874. The van der Waals surface area contributed by atoms with Gasteiger partial charge in [0, 0.05) is 30.6 Å². The molecule has 0 aliphatic carbocycles. The van der Waals surface area contributed by atoms with Gasteiger partial charge in [0.05, 0.1) is 17.8 Å². The normalized spacial score (nSPS) is 11.1. The first-order valence-electron chi connectivity index (χ1n) is 9.14. The molecule has 3 aromatic rings. The van der Waals surface area contributed by atoms with Crippen molar-refractivity contribution in [2.24, 2.45) is 0 Å². The van der Waals surface area contributed by atoms with E-state index in [0.29, 0.717) is 13.0 Å². The minimum atomic E-state index is -0.154. The molecule has 5 nitrogen and oxygen atoms in total. The Morgan fingerprint density at radius 1 is 1.12 bits per heavy atom. The van der Waals surface area contributed by atoms with Gasteiger partial charge in [-0.25, -0.2) is 4.98 Å².